The maximum Gasteiger partial charge on any atom is 0.308 e. The second-order valence-corrected chi connectivity index (χ2v) is 7.31. The summed E-state index contributed by atoms with van der Waals surface area (Å²) in [6.45, 7) is 0.763. The van der Waals surface area contributed by atoms with Gasteiger partial charge >= 0.3 is 4.87 Å². The van der Waals surface area contributed by atoms with Gasteiger partial charge in [0.15, 0.2) is 5.78 Å². The molecule has 5 nitrogen and oxygen atoms in total. The molecule has 28 heavy (non-hydrogen) atoms. The first-order chi connectivity index (χ1) is 13.6. The zero-order chi connectivity index (χ0) is 19.5. The fraction of sp³-hybridized carbons (Fsp3) is 0.0909. The topological polar surface area (TPSA) is 74.3 Å². The van der Waals surface area contributed by atoms with Crippen LogP contribution in [-0.2, 0) is 6.54 Å². The lowest BCUT2D eigenvalue weighted by Crippen LogP contribution is -2.17. The molecule has 0 saturated carbocycles. The minimum atomic E-state index is -0.0736. The molecule has 0 atom stereocenters. The fourth-order valence-electron chi connectivity index (χ4n) is 3.03. The maximum atomic E-state index is 12.6. The number of fused-ring (bicyclic) bond motifs is 1. The van der Waals surface area contributed by atoms with Crippen LogP contribution in [0.2, 0.25) is 0 Å². The molecule has 1 heterocycles. The molecule has 0 radical (unpaired) electrons. The first kappa shape index (κ1) is 18.0. The number of aromatic nitrogens is 1. The molecule has 4 aromatic rings. The molecule has 0 aliphatic rings. The van der Waals surface area contributed by atoms with Gasteiger partial charge in [0.1, 0.15) is 12.4 Å². The van der Waals surface area contributed by atoms with E-state index in [0.29, 0.717) is 35.7 Å². The Morgan fingerprint density at radius 1 is 0.964 bits per heavy atom. The lowest BCUT2D eigenvalue weighted by Gasteiger charge is -2.08. The summed E-state index contributed by atoms with van der Waals surface area (Å²) in [6, 6.07) is 21.7. The largest absolute Gasteiger partial charge is 0.492 e. The van der Waals surface area contributed by atoms with Gasteiger partial charge in [-0.25, -0.2) is 0 Å². The summed E-state index contributed by atoms with van der Waals surface area (Å²) in [5, 5.41) is 0. The summed E-state index contributed by atoms with van der Waals surface area (Å²) in [5.41, 5.74) is 8.38. The summed E-state index contributed by atoms with van der Waals surface area (Å²) < 4.78 is 8.15. The average Bonchev–Trinajstić information content (AvgIpc) is 3.02. The molecule has 140 valence electrons. The van der Waals surface area contributed by atoms with E-state index in [2.05, 4.69) is 0 Å². The number of hydrogen-bond donors (Lipinski definition) is 1. The highest BCUT2D eigenvalue weighted by atomic mass is 32.1. The molecule has 0 fully saturated rings. The molecule has 0 bridgehead atoms. The average molecular weight is 390 g/mol. The second-order valence-electron chi connectivity index (χ2n) is 6.32. The molecule has 2 N–H and O–H groups in total. The zero-order valence-electron chi connectivity index (χ0n) is 15.0. The second kappa shape index (κ2) is 7.70. The van der Waals surface area contributed by atoms with Crippen LogP contribution in [0.25, 0.3) is 10.2 Å². The highest BCUT2D eigenvalue weighted by Gasteiger charge is 2.13. The number of ketones is 1. The van der Waals surface area contributed by atoms with E-state index >= 15 is 0 Å². The Labute approximate surface area is 165 Å². The number of nitrogen functional groups attached to an aromatic ring is 1. The molecule has 1 aromatic heterocycles. The maximum absolute atomic E-state index is 12.6. The van der Waals surface area contributed by atoms with E-state index in [0.717, 1.165) is 21.6 Å². The number of nitrogens with zero attached hydrogens (tertiary/aromatic N) is 1. The molecule has 3 aromatic carbocycles. The van der Waals surface area contributed by atoms with E-state index in [-0.39, 0.29) is 10.7 Å². The molecule has 4 rings (SSSR count). The summed E-state index contributed by atoms with van der Waals surface area (Å²) >= 11 is 1.13. The minimum absolute atomic E-state index is 0.0556. The number of hydrogen-bond acceptors (Lipinski definition) is 5. The van der Waals surface area contributed by atoms with Gasteiger partial charge < -0.3 is 10.5 Å². The number of ether oxygens (including phenoxy) is 1. The number of rotatable bonds is 6. The van der Waals surface area contributed by atoms with E-state index in [4.69, 9.17) is 10.5 Å². The van der Waals surface area contributed by atoms with Crippen LogP contribution in [0.1, 0.15) is 15.9 Å². The Hall–Kier alpha value is -3.38. The van der Waals surface area contributed by atoms with Crippen LogP contribution in [0.15, 0.2) is 77.6 Å². The van der Waals surface area contributed by atoms with Crippen LogP contribution in [0, 0.1) is 0 Å². The molecule has 0 saturated heterocycles. The predicted molar refractivity (Wildman–Crippen MR) is 112 cm³/mol. The van der Waals surface area contributed by atoms with Gasteiger partial charge in [0.2, 0.25) is 0 Å². The summed E-state index contributed by atoms with van der Waals surface area (Å²) in [7, 11) is 0. The Morgan fingerprint density at radius 2 is 1.79 bits per heavy atom. The van der Waals surface area contributed by atoms with Gasteiger partial charge in [-0.2, -0.15) is 0 Å². The van der Waals surface area contributed by atoms with Crippen molar-refractivity contribution in [3.63, 3.8) is 0 Å². The first-order valence-electron chi connectivity index (χ1n) is 8.83. The number of carbonyl (C=O) groups is 1. The quantitative estimate of drug-likeness (QED) is 0.399. The Kier molecular flexibility index (Phi) is 4.95. The highest BCUT2D eigenvalue weighted by Crippen LogP contribution is 2.21. The van der Waals surface area contributed by atoms with Crippen molar-refractivity contribution >= 4 is 33.0 Å². The number of nitrogens with two attached hydrogens (primary N) is 1. The SMILES string of the molecule is Nc1cccc(OCCn2c(=O)sc3cc(C(=O)c4ccccc4)ccc32)c1. The normalized spacial score (nSPS) is 10.9. The van der Waals surface area contributed by atoms with Gasteiger partial charge in [0, 0.05) is 22.9 Å². The van der Waals surface area contributed by atoms with Crippen molar-refractivity contribution in [2.75, 3.05) is 12.3 Å². The van der Waals surface area contributed by atoms with Crippen molar-refractivity contribution in [2.24, 2.45) is 0 Å². The standard InChI is InChI=1S/C22H18N2O3S/c23-17-7-4-8-18(14-17)27-12-11-24-19-10-9-16(13-20(19)28-22(24)26)21(25)15-5-2-1-3-6-15/h1-10,13-14H,11-12,23H2. The summed E-state index contributed by atoms with van der Waals surface area (Å²) in [5.74, 6) is 0.614. The van der Waals surface area contributed by atoms with Crippen molar-refractivity contribution in [3.05, 3.63) is 93.6 Å². The molecular formula is C22H18N2O3S. The van der Waals surface area contributed by atoms with Crippen LogP contribution in [0.4, 0.5) is 5.69 Å². The van der Waals surface area contributed by atoms with Crippen LogP contribution in [-0.4, -0.2) is 17.0 Å². The monoisotopic (exact) mass is 390 g/mol. The number of carbonyl (C=O) groups excluding carboxylic acids is 1. The summed E-state index contributed by atoms with van der Waals surface area (Å²) in [6.07, 6.45) is 0. The van der Waals surface area contributed by atoms with Crippen molar-refractivity contribution in [1.29, 1.82) is 0 Å². The number of thiazole rings is 1. The van der Waals surface area contributed by atoms with Gasteiger partial charge in [0.25, 0.3) is 0 Å². The van der Waals surface area contributed by atoms with E-state index in [9.17, 15) is 9.59 Å². The van der Waals surface area contributed by atoms with Crippen molar-refractivity contribution < 1.29 is 9.53 Å². The number of benzene rings is 3. The molecule has 0 spiro atoms. The van der Waals surface area contributed by atoms with Gasteiger partial charge in [-0.3, -0.25) is 14.2 Å². The third-order valence-corrected chi connectivity index (χ3v) is 5.35. The van der Waals surface area contributed by atoms with Crippen LogP contribution in [0.5, 0.6) is 5.75 Å². The van der Waals surface area contributed by atoms with Gasteiger partial charge in [-0.05, 0) is 30.3 Å². The van der Waals surface area contributed by atoms with Crippen molar-refractivity contribution in [2.45, 2.75) is 6.54 Å². The van der Waals surface area contributed by atoms with Crippen molar-refractivity contribution in [1.82, 2.24) is 4.57 Å². The summed E-state index contributed by atoms with van der Waals surface area (Å²) in [4.78, 5) is 25.0. The predicted octanol–water partition coefficient (Wildman–Crippen LogP) is 3.96. The lowest BCUT2D eigenvalue weighted by atomic mass is 10.0. The highest BCUT2D eigenvalue weighted by molar-refractivity contribution is 7.16. The zero-order valence-corrected chi connectivity index (χ0v) is 15.8. The number of anilines is 1. The van der Waals surface area contributed by atoms with E-state index in [1.54, 1.807) is 41.0 Å². The van der Waals surface area contributed by atoms with E-state index < -0.39 is 0 Å². The Bertz CT molecular complexity index is 1200. The Morgan fingerprint density at radius 3 is 2.57 bits per heavy atom. The molecule has 6 heteroatoms. The van der Waals surface area contributed by atoms with Crippen molar-refractivity contribution in [3.8, 4) is 5.75 Å². The van der Waals surface area contributed by atoms with E-state index in [1.165, 1.54) is 0 Å². The van der Waals surface area contributed by atoms with Crippen LogP contribution in [0.3, 0.4) is 0 Å². The van der Waals surface area contributed by atoms with Gasteiger partial charge in [-0.15, -0.1) is 0 Å². The third kappa shape index (κ3) is 3.68. The Balaban J connectivity index is 1.54. The molecule has 0 aliphatic carbocycles. The van der Waals surface area contributed by atoms with E-state index in [1.807, 2.05) is 36.4 Å². The van der Waals surface area contributed by atoms with Gasteiger partial charge in [-0.1, -0.05) is 47.7 Å². The third-order valence-electron chi connectivity index (χ3n) is 4.41. The van der Waals surface area contributed by atoms with Crippen LogP contribution >= 0.6 is 11.3 Å². The smallest absolute Gasteiger partial charge is 0.308 e. The van der Waals surface area contributed by atoms with Gasteiger partial charge in [0.05, 0.1) is 16.8 Å². The lowest BCUT2D eigenvalue weighted by molar-refractivity contribution is 0.103. The molecular weight excluding hydrogens is 372 g/mol. The first-order valence-corrected chi connectivity index (χ1v) is 9.65. The fourth-order valence-corrected chi connectivity index (χ4v) is 3.99. The minimum Gasteiger partial charge on any atom is -0.492 e. The molecule has 0 amide bonds. The van der Waals surface area contributed by atoms with Crippen LogP contribution < -0.4 is 15.3 Å². The molecule has 0 unspecified atom stereocenters. The molecule has 0 aliphatic heterocycles.